The fourth-order valence-electron chi connectivity index (χ4n) is 1.56. The largest absolute Gasteiger partial charge is 0.495 e. The smallest absolute Gasteiger partial charge is 0.135 e. The summed E-state index contributed by atoms with van der Waals surface area (Å²) in [7, 11) is 1.63. The molecule has 2 aromatic rings. The van der Waals surface area contributed by atoms with Crippen LogP contribution in [0.1, 0.15) is 5.69 Å². The Hall–Kier alpha value is -1.27. The van der Waals surface area contributed by atoms with E-state index in [9.17, 15) is 0 Å². The predicted octanol–water partition coefficient (Wildman–Crippen LogP) is 4.25. The van der Waals surface area contributed by atoms with Gasteiger partial charge in [0.2, 0.25) is 0 Å². The Morgan fingerprint density at radius 2 is 1.95 bits per heavy atom. The van der Waals surface area contributed by atoms with Gasteiger partial charge in [-0.15, -0.1) is 0 Å². The molecule has 0 saturated carbocycles. The second-order valence-electron chi connectivity index (χ2n) is 3.96. The molecule has 0 aliphatic heterocycles. The standard InChI is InChI=1S/C13H13Br2N3O/c1-7-10(16)3-4-13(17-7)18-11-6-12(19-2)9(15)5-8(11)14/h3-6H,16H2,1-2H3,(H,17,18). The summed E-state index contributed by atoms with van der Waals surface area (Å²) >= 11 is 6.93. The van der Waals surface area contributed by atoms with Gasteiger partial charge < -0.3 is 15.8 Å². The number of hydrogen-bond donors (Lipinski definition) is 2. The van der Waals surface area contributed by atoms with Gasteiger partial charge in [0, 0.05) is 10.5 Å². The molecule has 3 N–H and O–H groups in total. The van der Waals surface area contributed by atoms with Crippen molar-refractivity contribution in [3.8, 4) is 5.75 Å². The van der Waals surface area contributed by atoms with Gasteiger partial charge >= 0.3 is 0 Å². The summed E-state index contributed by atoms with van der Waals surface area (Å²) in [6.45, 7) is 1.87. The molecule has 0 atom stereocenters. The molecule has 0 saturated heterocycles. The molecule has 2 rings (SSSR count). The molecule has 19 heavy (non-hydrogen) atoms. The van der Waals surface area contributed by atoms with Gasteiger partial charge in [-0.2, -0.15) is 0 Å². The molecule has 100 valence electrons. The van der Waals surface area contributed by atoms with E-state index in [2.05, 4.69) is 42.2 Å². The van der Waals surface area contributed by atoms with Crippen molar-refractivity contribution >= 4 is 49.1 Å². The number of aryl methyl sites for hydroxylation is 1. The van der Waals surface area contributed by atoms with Crippen LogP contribution in [-0.2, 0) is 0 Å². The van der Waals surface area contributed by atoms with Crippen LogP contribution < -0.4 is 15.8 Å². The van der Waals surface area contributed by atoms with Crippen molar-refractivity contribution < 1.29 is 4.74 Å². The molecule has 0 bridgehead atoms. The van der Waals surface area contributed by atoms with Gasteiger partial charge in [-0.1, -0.05) is 0 Å². The Labute approximate surface area is 128 Å². The van der Waals surface area contributed by atoms with E-state index in [1.54, 1.807) is 7.11 Å². The minimum Gasteiger partial charge on any atom is -0.495 e. The van der Waals surface area contributed by atoms with Crippen molar-refractivity contribution in [1.82, 2.24) is 4.98 Å². The number of nitrogens with zero attached hydrogens (tertiary/aromatic N) is 1. The number of rotatable bonds is 3. The second kappa shape index (κ2) is 5.79. The lowest BCUT2D eigenvalue weighted by Gasteiger charge is -2.12. The van der Waals surface area contributed by atoms with Gasteiger partial charge in [-0.05, 0) is 57.0 Å². The van der Waals surface area contributed by atoms with Gasteiger partial charge in [0.15, 0.2) is 0 Å². The number of nitrogen functional groups attached to an aromatic ring is 1. The minimum absolute atomic E-state index is 0.679. The van der Waals surface area contributed by atoms with Gasteiger partial charge in [-0.3, -0.25) is 0 Å². The third-order valence-corrected chi connectivity index (χ3v) is 3.91. The molecule has 4 nitrogen and oxygen atoms in total. The van der Waals surface area contributed by atoms with E-state index in [4.69, 9.17) is 10.5 Å². The summed E-state index contributed by atoms with van der Waals surface area (Å²) in [4.78, 5) is 4.38. The zero-order valence-electron chi connectivity index (χ0n) is 10.5. The Bertz CT molecular complexity index is 617. The highest BCUT2D eigenvalue weighted by molar-refractivity contribution is 9.11. The Kier molecular flexibility index (Phi) is 4.31. The maximum Gasteiger partial charge on any atom is 0.135 e. The van der Waals surface area contributed by atoms with Crippen LogP contribution in [0.5, 0.6) is 5.75 Å². The lowest BCUT2D eigenvalue weighted by Crippen LogP contribution is -1.99. The number of ether oxygens (including phenoxy) is 1. The number of methoxy groups -OCH3 is 1. The first-order chi connectivity index (χ1) is 9.01. The molecule has 6 heteroatoms. The third kappa shape index (κ3) is 3.19. The number of nitrogens with two attached hydrogens (primary N) is 1. The van der Waals surface area contributed by atoms with Crippen LogP contribution in [0.3, 0.4) is 0 Å². The van der Waals surface area contributed by atoms with E-state index in [0.29, 0.717) is 5.69 Å². The van der Waals surface area contributed by atoms with Gasteiger partial charge in [0.1, 0.15) is 11.6 Å². The van der Waals surface area contributed by atoms with E-state index < -0.39 is 0 Å². The number of pyridine rings is 1. The molecule has 0 fully saturated rings. The summed E-state index contributed by atoms with van der Waals surface area (Å²) in [5.74, 6) is 1.48. The van der Waals surface area contributed by atoms with Crippen LogP contribution in [0, 0.1) is 6.92 Å². The summed E-state index contributed by atoms with van der Waals surface area (Å²) in [5.41, 5.74) is 8.10. The Morgan fingerprint density at radius 3 is 2.58 bits per heavy atom. The number of anilines is 3. The van der Waals surface area contributed by atoms with Gasteiger partial charge in [0.05, 0.1) is 28.7 Å². The quantitative estimate of drug-likeness (QED) is 0.827. The van der Waals surface area contributed by atoms with Crippen LogP contribution in [-0.4, -0.2) is 12.1 Å². The van der Waals surface area contributed by atoms with Crippen LogP contribution in [0.25, 0.3) is 0 Å². The van der Waals surface area contributed by atoms with Crippen LogP contribution >= 0.6 is 31.9 Å². The first-order valence-electron chi connectivity index (χ1n) is 5.54. The van der Waals surface area contributed by atoms with Crippen molar-refractivity contribution in [2.75, 3.05) is 18.2 Å². The van der Waals surface area contributed by atoms with Gasteiger partial charge in [-0.25, -0.2) is 4.98 Å². The van der Waals surface area contributed by atoms with E-state index in [1.165, 1.54) is 0 Å². The molecule has 0 spiro atoms. The average molecular weight is 387 g/mol. The maximum absolute atomic E-state index is 5.75. The highest BCUT2D eigenvalue weighted by atomic mass is 79.9. The normalized spacial score (nSPS) is 10.3. The first kappa shape index (κ1) is 14.1. The van der Waals surface area contributed by atoms with Gasteiger partial charge in [0.25, 0.3) is 0 Å². The lowest BCUT2D eigenvalue weighted by atomic mass is 10.3. The Balaban J connectivity index is 2.34. The Morgan fingerprint density at radius 1 is 1.21 bits per heavy atom. The SMILES string of the molecule is COc1cc(Nc2ccc(N)c(C)n2)c(Br)cc1Br. The molecular weight excluding hydrogens is 374 g/mol. The maximum atomic E-state index is 5.75. The van der Waals surface area contributed by atoms with Crippen molar-refractivity contribution in [1.29, 1.82) is 0 Å². The number of benzene rings is 1. The molecule has 1 aromatic carbocycles. The molecular formula is C13H13Br2N3O. The fourth-order valence-corrected chi connectivity index (χ4v) is 2.82. The number of halogens is 2. The summed E-state index contributed by atoms with van der Waals surface area (Å²) < 4.78 is 7.07. The fraction of sp³-hybridized carbons (Fsp3) is 0.154. The van der Waals surface area contributed by atoms with Crippen LogP contribution in [0.4, 0.5) is 17.2 Å². The summed E-state index contributed by atoms with van der Waals surface area (Å²) in [6, 6.07) is 7.48. The lowest BCUT2D eigenvalue weighted by molar-refractivity contribution is 0.412. The molecule has 0 radical (unpaired) electrons. The van der Waals surface area contributed by atoms with Crippen molar-refractivity contribution in [2.24, 2.45) is 0 Å². The van der Waals surface area contributed by atoms with E-state index in [1.807, 2.05) is 31.2 Å². The number of hydrogen-bond acceptors (Lipinski definition) is 4. The highest BCUT2D eigenvalue weighted by Gasteiger charge is 2.08. The summed E-state index contributed by atoms with van der Waals surface area (Å²) in [6.07, 6.45) is 0. The zero-order valence-corrected chi connectivity index (χ0v) is 13.7. The second-order valence-corrected chi connectivity index (χ2v) is 5.67. The molecule has 1 heterocycles. The molecule has 0 unspecified atom stereocenters. The zero-order chi connectivity index (χ0) is 14.0. The molecule has 0 amide bonds. The topological polar surface area (TPSA) is 60.2 Å². The average Bonchev–Trinajstić information content (AvgIpc) is 2.37. The first-order valence-corrected chi connectivity index (χ1v) is 7.13. The summed E-state index contributed by atoms with van der Waals surface area (Å²) in [5, 5.41) is 3.23. The van der Waals surface area contributed by atoms with Crippen LogP contribution in [0.2, 0.25) is 0 Å². The van der Waals surface area contributed by atoms with Crippen LogP contribution in [0.15, 0.2) is 33.2 Å². The molecule has 0 aliphatic carbocycles. The van der Waals surface area contributed by atoms with Crippen molar-refractivity contribution in [2.45, 2.75) is 6.92 Å². The van der Waals surface area contributed by atoms with Crippen molar-refractivity contribution in [3.05, 3.63) is 38.9 Å². The molecule has 1 aromatic heterocycles. The van der Waals surface area contributed by atoms with E-state index >= 15 is 0 Å². The van der Waals surface area contributed by atoms with E-state index in [-0.39, 0.29) is 0 Å². The molecule has 0 aliphatic rings. The van der Waals surface area contributed by atoms with E-state index in [0.717, 1.165) is 31.9 Å². The third-order valence-electron chi connectivity index (χ3n) is 2.63. The monoisotopic (exact) mass is 385 g/mol. The predicted molar refractivity (Wildman–Crippen MR) is 85.1 cm³/mol. The number of aromatic nitrogens is 1. The van der Waals surface area contributed by atoms with Crippen molar-refractivity contribution in [3.63, 3.8) is 0 Å². The number of nitrogens with one attached hydrogen (secondary N) is 1. The minimum atomic E-state index is 0.679. The highest BCUT2D eigenvalue weighted by Crippen LogP contribution is 2.35.